The van der Waals surface area contributed by atoms with Gasteiger partial charge in [0, 0.05) is 49.4 Å². The largest absolute Gasteiger partial charge is 0.455 e. The number of para-hydroxylation sites is 5. The second-order valence-electron chi connectivity index (χ2n) is 15.3. The van der Waals surface area contributed by atoms with Gasteiger partial charge in [0.2, 0.25) is 0 Å². The fraction of sp³-hybridized carbons (Fsp3) is 0. The second-order valence-corrected chi connectivity index (χ2v) is 15.3. The van der Waals surface area contributed by atoms with Crippen LogP contribution in [0.5, 0.6) is 0 Å². The normalized spacial score (nSPS) is 11.7. The SMILES string of the molecule is c1cc(-c2ccccc2-n2c3ccccc3c3ccccc32)cc(N(c2ccc(-c3cccc4c3oc3ccccc34)cc2)c2cccc3ccc4ccccc4c23)c1. The van der Waals surface area contributed by atoms with Crippen LogP contribution in [0.3, 0.4) is 0 Å². The highest BCUT2D eigenvalue weighted by atomic mass is 16.3. The summed E-state index contributed by atoms with van der Waals surface area (Å²) in [5.41, 5.74) is 13.1. The number of hydrogen-bond acceptors (Lipinski definition) is 2. The Bertz CT molecular complexity index is 3520. The van der Waals surface area contributed by atoms with E-state index in [2.05, 4.69) is 216 Å². The summed E-state index contributed by atoms with van der Waals surface area (Å²) in [5, 5.41) is 9.63. The molecule has 0 saturated heterocycles. The monoisotopic (exact) mass is 752 g/mol. The molecule has 0 atom stereocenters. The third kappa shape index (κ3) is 5.29. The highest BCUT2D eigenvalue weighted by molar-refractivity contribution is 6.15. The van der Waals surface area contributed by atoms with Crippen LogP contribution < -0.4 is 4.90 Å². The molecule has 0 aliphatic heterocycles. The Morgan fingerprint density at radius 1 is 0.373 bits per heavy atom. The summed E-state index contributed by atoms with van der Waals surface area (Å²) in [5.74, 6) is 0. The van der Waals surface area contributed by atoms with Crippen molar-refractivity contribution in [2.45, 2.75) is 0 Å². The van der Waals surface area contributed by atoms with E-state index in [1.807, 2.05) is 12.1 Å². The van der Waals surface area contributed by atoms with Crippen LogP contribution in [0.2, 0.25) is 0 Å². The molecule has 0 bridgehead atoms. The first-order chi connectivity index (χ1) is 29.3. The summed E-state index contributed by atoms with van der Waals surface area (Å²) < 4.78 is 8.89. The molecule has 12 aromatic rings. The van der Waals surface area contributed by atoms with Gasteiger partial charge in [-0.2, -0.15) is 0 Å². The van der Waals surface area contributed by atoms with E-state index in [0.29, 0.717) is 0 Å². The molecule has 2 aromatic heterocycles. The van der Waals surface area contributed by atoms with Crippen molar-refractivity contribution >= 4 is 82.4 Å². The van der Waals surface area contributed by atoms with Gasteiger partial charge in [0.05, 0.1) is 22.4 Å². The molecular formula is C56H36N2O. The van der Waals surface area contributed by atoms with E-state index in [9.17, 15) is 0 Å². The van der Waals surface area contributed by atoms with E-state index in [-0.39, 0.29) is 0 Å². The van der Waals surface area contributed by atoms with Crippen molar-refractivity contribution in [1.82, 2.24) is 4.57 Å². The Labute approximate surface area is 341 Å². The molecule has 0 spiro atoms. The molecular weight excluding hydrogens is 717 g/mol. The second kappa shape index (κ2) is 13.4. The number of fused-ring (bicyclic) bond motifs is 9. The van der Waals surface area contributed by atoms with Gasteiger partial charge in [-0.15, -0.1) is 0 Å². The zero-order chi connectivity index (χ0) is 38.9. The minimum atomic E-state index is 0.903. The molecule has 0 N–H and O–H groups in total. The van der Waals surface area contributed by atoms with Gasteiger partial charge in [-0.3, -0.25) is 0 Å². The number of furan rings is 1. The Kier molecular flexibility index (Phi) is 7.54. The molecule has 3 heteroatoms. The predicted molar refractivity (Wildman–Crippen MR) is 249 cm³/mol. The summed E-state index contributed by atoms with van der Waals surface area (Å²) >= 11 is 0. The van der Waals surface area contributed by atoms with Gasteiger partial charge < -0.3 is 13.9 Å². The molecule has 59 heavy (non-hydrogen) atoms. The van der Waals surface area contributed by atoms with Crippen LogP contribution in [0, 0.1) is 0 Å². The van der Waals surface area contributed by atoms with Gasteiger partial charge in [0.15, 0.2) is 0 Å². The standard InChI is InChI=1S/C56H36N2O/c1-2-19-44-37(14-1)30-31-39-15-12-28-53(55(39)44)57(41-34-32-38(33-35-41)45-23-13-24-49-48-22-6-10-29-54(48)59-56(45)49)42-17-11-16-40(36-42)43-18-3-7-25-50(43)58-51-26-8-4-20-46(51)47-21-5-9-27-52(47)58/h1-36H. The van der Waals surface area contributed by atoms with Gasteiger partial charge in [0.1, 0.15) is 11.2 Å². The van der Waals surface area contributed by atoms with Crippen molar-refractivity contribution in [3.63, 3.8) is 0 Å². The number of anilines is 3. The fourth-order valence-electron chi connectivity index (χ4n) is 9.32. The lowest BCUT2D eigenvalue weighted by Crippen LogP contribution is -2.11. The molecule has 0 saturated carbocycles. The molecule has 12 rings (SSSR count). The number of nitrogens with zero attached hydrogens (tertiary/aromatic N) is 2. The Morgan fingerprint density at radius 3 is 1.81 bits per heavy atom. The van der Waals surface area contributed by atoms with Crippen LogP contribution >= 0.6 is 0 Å². The summed E-state index contributed by atoms with van der Waals surface area (Å²) in [6.45, 7) is 0. The molecule has 0 aliphatic rings. The molecule has 2 heterocycles. The molecule has 10 aromatic carbocycles. The lowest BCUT2D eigenvalue weighted by molar-refractivity contribution is 0.670. The summed E-state index contributed by atoms with van der Waals surface area (Å²) in [6.07, 6.45) is 0. The first kappa shape index (κ1) is 33.3. The van der Waals surface area contributed by atoms with Crippen molar-refractivity contribution in [3.05, 3.63) is 218 Å². The smallest absolute Gasteiger partial charge is 0.143 e. The molecule has 0 unspecified atom stereocenters. The first-order valence-electron chi connectivity index (χ1n) is 20.2. The zero-order valence-electron chi connectivity index (χ0n) is 32.1. The van der Waals surface area contributed by atoms with Crippen molar-refractivity contribution in [3.8, 4) is 27.9 Å². The van der Waals surface area contributed by atoms with Gasteiger partial charge >= 0.3 is 0 Å². The van der Waals surface area contributed by atoms with E-state index >= 15 is 0 Å². The Hall–Kier alpha value is -7.88. The van der Waals surface area contributed by atoms with Crippen LogP contribution in [0.4, 0.5) is 17.1 Å². The minimum Gasteiger partial charge on any atom is -0.455 e. The van der Waals surface area contributed by atoms with Crippen LogP contribution in [-0.4, -0.2) is 4.57 Å². The maximum atomic E-state index is 6.47. The molecule has 0 fully saturated rings. The van der Waals surface area contributed by atoms with E-state index < -0.39 is 0 Å². The van der Waals surface area contributed by atoms with Crippen molar-refractivity contribution in [1.29, 1.82) is 0 Å². The lowest BCUT2D eigenvalue weighted by Gasteiger charge is -2.28. The average molecular weight is 753 g/mol. The van der Waals surface area contributed by atoms with Crippen molar-refractivity contribution in [2.75, 3.05) is 4.90 Å². The summed E-state index contributed by atoms with van der Waals surface area (Å²) in [7, 11) is 0. The number of rotatable bonds is 6. The summed E-state index contributed by atoms with van der Waals surface area (Å²) in [4.78, 5) is 2.42. The Balaban J connectivity index is 1.06. The minimum absolute atomic E-state index is 0.903. The third-order valence-corrected chi connectivity index (χ3v) is 12.0. The fourth-order valence-corrected chi connectivity index (χ4v) is 9.32. The van der Waals surface area contributed by atoms with Crippen LogP contribution in [0.25, 0.3) is 93.2 Å². The lowest BCUT2D eigenvalue weighted by atomic mass is 9.98. The van der Waals surface area contributed by atoms with E-state index in [1.165, 1.54) is 48.9 Å². The highest BCUT2D eigenvalue weighted by Crippen LogP contribution is 2.45. The maximum absolute atomic E-state index is 6.47. The molecule has 0 radical (unpaired) electrons. The van der Waals surface area contributed by atoms with E-state index in [1.54, 1.807) is 0 Å². The maximum Gasteiger partial charge on any atom is 0.143 e. The van der Waals surface area contributed by atoms with Crippen molar-refractivity contribution in [2.24, 2.45) is 0 Å². The van der Waals surface area contributed by atoms with Gasteiger partial charge in [0.25, 0.3) is 0 Å². The van der Waals surface area contributed by atoms with E-state index in [4.69, 9.17) is 4.42 Å². The highest BCUT2D eigenvalue weighted by Gasteiger charge is 2.20. The quantitative estimate of drug-likeness (QED) is 0.158. The first-order valence-corrected chi connectivity index (χ1v) is 20.2. The zero-order valence-corrected chi connectivity index (χ0v) is 32.1. The average Bonchev–Trinajstić information content (AvgIpc) is 3.86. The Morgan fingerprint density at radius 2 is 0.983 bits per heavy atom. The molecule has 3 nitrogen and oxygen atoms in total. The number of benzene rings is 10. The molecule has 0 aliphatic carbocycles. The van der Waals surface area contributed by atoms with Gasteiger partial charge in [-0.25, -0.2) is 0 Å². The van der Waals surface area contributed by atoms with Crippen LogP contribution in [0.1, 0.15) is 0 Å². The van der Waals surface area contributed by atoms with Gasteiger partial charge in [-0.05, 0) is 81.9 Å². The summed E-state index contributed by atoms with van der Waals surface area (Å²) in [6, 6.07) is 78.8. The predicted octanol–water partition coefficient (Wildman–Crippen LogP) is 15.8. The third-order valence-electron chi connectivity index (χ3n) is 12.0. The van der Waals surface area contributed by atoms with Crippen LogP contribution in [0.15, 0.2) is 223 Å². The van der Waals surface area contributed by atoms with Gasteiger partial charge in [-0.1, -0.05) is 164 Å². The van der Waals surface area contributed by atoms with Crippen molar-refractivity contribution < 1.29 is 4.42 Å². The van der Waals surface area contributed by atoms with Crippen LogP contribution in [-0.2, 0) is 0 Å². The number of aromatic nitrogens is 1. The molecule has 276 valence electrons. The topological polar surface area (TPSA) is 21.3 Å². The number of hydrogen-bond donors (Lipinski definition) is 0. The van der Waals surface area contributed by atoms with E-state index in [0.717, 1.165) is 61.4 Å². The molecule has 0 amide bonds.